The molecule has 0 fully saturated rings. The number of rotatable bonds is 52. The van der Waals surface area contributed by atoms with Crippen LogP contribution < -0.4 is 0 Å². The van der Waals surface area contributed by atoms with Crippen LogP contribution in [0.15, 0.2) is 85.1 Å². The Morgan fingerprint density at radius 1 is 0.403 bits per heavy atom. The molecule has 11 nitrogen and oxygen atoms in total. The highest BCUT2D eigenvalue weighted by atomic mass is 31.2. The smallest absolute Gasteiger partial charge is 0.462 e. The molecule has 0 saturated heterocycles. The molecule has 0 radical (unpaired) electrons. The van der Waals surface area contributed by atoms with Gasteiger partial charge in [-0.25, -0.2) is 4.57 Å². The highest BCUT2D eigenvalue weighted by Crippen LogP contribution is 2.43. The predicted octanol–water partition coefficient (Wildman–Crippen LogP) is 16.7. The molecule has 0 aliphatic carbocycles. The van der Waals surface area contributed by atoms with E-state index in [0.717, 1.165) is 122 Å². The van der Waals surface area contributed by atoms with E-state index in [9.17, 15) is 28.9 Å². The summed E-state index contributed by atoms with van der Waals surface area (Å²) in [5.74, 6) is -1.54. The van der Waals surface area contributed by atoms with Gasteiger partial charge in [-0.3, -0.25) is 23.4 Å². The maximum Gasteiger partial charge on any atom is 0.472 e. The first-order valence-electron chi connectivity index (χ1n) is 28.5. The predicted molar refractivity (Wildman–Crippen MR) is 298 cm³/mol. The molecule has 0 saturated carbocycles. The lowest BCUT2D eigenvalue weighted by molar-refractivity contribution is -0.161. The number of esters is 3. The second-order valence-corrected chi connectivity index (χ2v) is 20.2. The fraction of sp³-hybridized carbons (Fsp3) is 0.717. The minimum Gasteiger partial charge on any atom is -0.462 e. The average Bonchev–Trinajstić information content (AvgIpc) is 3.37. The zero-order valence-electron chi connectivity index (χ0n) is 45.6. The second-order valence-electron chi connectivity index (χ2n) is 18.7. The summed E-state index contributed by atoms with van der Waals surface area (Å²) >= 11 is 0. The van der Waals surface area contributed by atoms with Crippen molar-refractivity contribution in [3.8, 4) is 0 Å². The first kappa shape index (κ1) is 68.7. The Kier molecular flexibility index (Phi) is 51.4. The lowest BCUT2D eigenvalue weighted by atomic mass is 10.1. The summed E-state index contributed by atoms with van der Waals surface area (Å²) in [7, 11) is -4.76. The van der Waals surface area contributed by atoms with Crippen LogP contribution in [-0.2, 0) is 42.2 Å². The van der Waals surface area contributed by atoms with Crippen LogP contribution in [0.2, 0.25) is 0 Å². The van der Waals surface area contributed by atoms with E-state index >= 15 is 0 Å². The normalized spacial score (nSPS) is 14.0. The number of aliphatic hydroxyl groups is 1. The summed E-state index contributed by atoms with van der Waals surface area (Å²) in [6.45, 7) is 4.43. The number of carbonyl (C=O) groups is 3. The number of carbonyl (C=O) groups excluding carboxylic acids is 3. The molecular formula is C60H103O11P. The van der Waals surface area contributed by atoms with Gasteiger partial charge in [-0.05, 0) is 116 Å². The number of hydrogen-bond acceptors (Lipinski definition) is 10. The zero-order valence-corrected chi connectivity index (χ0v) is 46.5. The Balaban J connectivity index is 4.80. The van der Waals surface area contributed by atoms with Gasteiger partial charge < -0.3 is 24.2 Å². The Morgan fingerprint density at radius 2 is 0.722 bits per heavy atom. The van der Waals surface area contributed by atoms with Gasteiger partial charge in [0, 0.05) is 19.3 Å². The number of aliphatic hydroxyl groups excluding tert-OH is 1. The fourth-order valence-electron chi connectivity index (χ4n) is 7.43. The van der Waals surface area contributed by atoms with Gasteiger partial charge in [0.05, 0.1) is 19.8 Å². The molecule has 0 aliphatic rings. The molecule has 0 rings (SSSR count). The first-order valence-corrected chi connectivity index (χ1v) is 30.0. The van der Waals surface area contributed by atoms with Crippen LogP contribution in [0.25, 0.3) is 0 Å². The van der Waals surface area contributed by atoms with Crippen molar-refractivity contribution >= 4 is 25.7 Å². The summed E-state index contributed by atoms with van der Waals surface area (Å²) in [6.07, 6.45) is 61.1. The Bertz CT molecular complexity index is 1530. The van der Waals surface area contributed by atoms with E-state index in [-0.39, 0.29) is 25.9 Å². The van der Waals surface area contributed by atoms with Crippen LogP contribution in [0, 0.1) is 0 Å². The van der Waals surface area contributed by atoms with Crippen molar-refractivity contribution in [1.29, 1.82) is 0 Å². The average molecular weight is 1030 g/mol. The van der Waals surface area contributed by atoms with Crippen LogP contribution in [0.4, 0.5) is 0 Å². The van der Waals surface area contributed by atoms with Crippen LogP contribution in [-0.4, -0.2) is 66.5 Å². The van der Waals surface area contributed by atoms with E-state index in [2.05, 4.69) is 106 Å². The van der Waals surface area contributed by atoms with E-state index in [0.29, 0.717) is 19.3 Å². The molecule has 0 aromatic rings. The van der Waals surface area contributed by atoms with Gasteiger partial charge in [-0.1, -0.05) is 189 Å². The molecule has 3 unspecified atom stereocenters. The molecular weight excluding hydrogens is 928 g/mol. The van der Waals surface area contributed by atoms with Gasteiger partial charge in [0.25, 0.3) is 0 Å². The molecule has 0 spiro atoms. The number of allylic oxidation sites excluding steroid dienone is 14. The third kappa shape index (κ3) is 51.6. The third-order valence-corrected chi connectivity index (χ3v) is 12.7. The van der Waals surface area contributed by atoms with Crippen molar-refractivity contribution in [1.82, 2.24) is 0 Å². The summed E-state index contributed by atoms with van der Waals surface area (Å²) in [6, 6.07) is 0. The first-order chi connectivity index (χ1) is 35.2. The summed E-state index contributed by atoms with van der Waals surface area (Å²) in [5, 5.41) is 9.81. The Labute approximate surface area is 439 Å². The van der Waals surface area contributed by atoms with Gasteiger partial charge >= 0.3 is 25.7 Å². The number of hydrogen-bond donors (Lipinski definition) is 2. The number of phosphoric acid groups is 1. The molecule has 414 valence electrons. The van der Waals surface area contributed by atoms with Crippen molar-refractivity contribution in [2.75, 3.05) is 26.4 Å². The van der Waals surface area contributed by atoms with Crippen molar-refractivity contribution in [2.24, 2.45) is 0 Å². The van der Waals surface area contributed by atoms with Crippen LogP contribution in [0.1, 0.15) is 239 Å². The molecule has 0 amide bonds. The zero-order chi connectivity index (χ0) is 52.7. The number of ether oxygens (including phenoxy) is 3. The minimum absolute atomic E-state index is 0.139. The third-order valence-electron chi connectivity index (χ3n) is 11.8. The molecule has 0 bridgehead atoms. The van der Waals surface area contributed by atoms with E-state index in [1.54, 1.807) is 0 Å². The minimum atomic E-state index is -4.76. The quantitative estimate of drug-likeness (QED) is 0.0197. The lowest BCUT2D eigenvalue weighted by Crippen LogP contribution is -2.30. The molecule has 0 aliphatic heterocycles. The van der Waals surface area contributed by atoms with E-state index in [1.807, 2.05) is 0 Å². The fourth-order valence-corrected chi connectivity index (χ4v) is 8.21. The van der Waals surface area contributed by atoms with Gasteiger partial charge in [-0.2, -0.15) is 0 Å². The second kappa shape index (κ2) is 53.9. The van der Waals surface area contributed by atoms with Crippen molar-refractivity contribution in [3.05, 3.63) is 85.1 Å². The topological polar surface area (TPSA) is 155 Å². The monoisotopic (exact) mass is 1030 g/mol. The SMILES string of the molecule is CC/C=C\C/C=C\C/C=C\C/C=C\CCCCC(=O)OCC(COP(=O)(O)OCC(CO)OC(=O)CCCCCCC/C=C\CCCCCCCC)OC(=O)CCCCCCC/C=C\C/C=C\CCCCC. The number of phosphoric ester groups is 1. The lowest BCUT2D eigenvalue weighted by Gasteiger charge is -2.21. The highest BCUT2D eigenvalue weighted by Gasteiger charge is 2.28. The van der Waals surface area contributed by atoms with Crippen molar-refractivity contribution < 1.29 is 52.2 Å². The summed E-state index contributed by atoms with van der Waals surface area (Å²) in [4.78, 5) is 48.5. The van der Waals surface area contributed by atoms with Gasteiger partial charge in [0.1, 0.15) is 12.7 Å². The van der Waals surface area contributed by atoms with Crippen molar-refractivity contribution in [2.45, 2.75) is 251 Å². The number of unbranched alkanes of at least 4 members (excludes halogenated alkanes) is 21. The van der Waals surface area contributed by atoms with Gasteiger partial charge in [0.2, 0.25) is 0 Å². The molecule has 0 aromatic heterocycles. The standard InChI is InChI=1S/C60H103O11P/c1-4-7-10-13-16-19-22-25-28-31-34-37-40-43-46-49-58(62)67-53-57(71-60(64)51-48-45-42-39-36-33-30-27-24-21-18-15-12-9-6-3)55-69-72(65,66)68-54-56(52-61)70-59(63)50-47-44-41-38-35-32-29-26-23-20-17-14-11-8-5-2/h7,10,16,18-19,21,25-30,34,37,56-57,61H,4-6,8-9,11-15,17,20,22-24,31-33,35-36,38-55H2,1-3H3,(H,65,66)/b10-7-,19-16-,21-18-,28-25-,29-26-,30-27-,37-34-. The Hall–Kier alpha value is -3.34. The van der Waals surface area contributed by atoms with Crippen LogP contribution in [0.3, 0.4) is 0 Å². The molecule has 0 heterocycles. The van der Waals surface area contributed by atoms with E-state index in [4.69, 9.17) is 23.3 Å². The highest BCUT2D eigenvalue weighted by molar-refractivity contribution is 7.47. The van der Waals surface area contributed by atoms with Gasteiger partial charge in [0.15, 0.2) is 6.10 Å². The van der Waals surface area contributed by atoms with E-state index in [1.165, 1.54) is 57.8 Å². The van der Waals surface area contributed by atoms with Crippen LogP contribution in [0.5, 0.6) is 0 Å². The molecule has 0 aromatic carbocycles. The maximum atomic E-state index is 12.9. The van der Waals surface area contributed by atoms with Crippen LogP contribution >= 0.6 is 7.82 Å². The summed E-state index contributed by atoms with van der Waals surface area (Å²) in [5.41, 5.74) is 0. The molecule has 72 heavy (non-hydrogen) atoms. The van der Waals surface area contributed by atoms with Crippen molar-refractivity contribution in [3.63, 3.8) is 0 Å². The maximum absolute atomic E-state index is 12.9. The molecule has 2 N–H and O–H groups in total. The molecule has 12 heteroatoms. The largest absolute Gasteiger partial charge is 0.472 e. The van der Waals surface area contributed by atoms with E-state index < -0.39 is 57.8 Å². The van der Waals surface area contributed by atoms with Gasteiger partial charge in [-0.15, -0.1) is 0 Å². The Morgan fingerprint density at radius 3 is 1.18 bits per heavy atom. The molecule has 3 atom stereocenters. The summed E-state index contributed by atoms with van der Waals surface area (Å²) < 4.78 is 39.4.